The highest BCUT2D eigenvalue weighted by Gasteiger charge is 2.30. The largest absolute Gasteiger partial charge is 0.469 e. The molecule has 2 heterocycles. The minimum Gasteiger partial charge on any atom is -0.469 e. The van der Waals surface area contributed by atoms with E-state index in [1.165, 1.54) is 30.4 Å². The van der Waals surface area contributed by atoms with E-state index in [4.69, 9.17) is 4.52 Å². The number of methoxy groups -OCH3 is 1. The van der Waals surface area contributed by atoms with Gasteiger partial charge >= 0.3 is 5.97 Å². The molecule has 0 saturated carbocycles. The zero-order valence-corrected chi connectivity index (χ0v) is 21.2. The molecule has 0 atom stereocenters. The molecule has 1 aliphatic rings. The van der Waals surface area contributed by atoms with Gasteiger partial charge in [0.05, 0.1) is 24.0 Å². The van der Waals surface area contributed by atoms with Crippen molar-refractivity contribution in [3.05, 3.63) is 47.3 Å². The number of nitrogens with zero attached hydrogens (tertiary/aromatic N) is 3. The van der Waals surface area contributed by atoms with Crippen LogP contribution in [0.5, 0.6) is 0 Å². The molecule has 186 valence electrons. The van der Waals surface area contributed by atoms with Gasteiger partial charge in [-0.25, -0.2) is 13.1 Å². The van der Waals surface area contributed by atoms with E-state index in [9.17, 15) is 13.2 Å². The highest BCUT2D eigenvalue weighted by Crippen LogP contribution is 2.40. The Morgan fingerprint density at radius 1 is 1.20 bits per heavy atom. The number of hydrogen-bond acceptors (Lipinski definition) is 8. The van der Waals surface area contributed by atoms with E-state index >= 15 is 0 Å². The van der Waals surface area contributed by atoms with E-state index < -0.39 is 16.0 Å². The van der Waals surface area contributed by atoms with E-state index in [2.05, 4.69) is 45.4 Å². The lowest BCUT2D eigenvalue weighted by Gasteiger charge is -2.33. The average Bonchev–Trinajstić information content (AvgIpc) is 3.32. The number of aryl methyl sites for hydroxylation is 1. The lowest BCUT2D eigenvalue weighted by atomic mass is 9.73. The fourth-order valence-electron chi connectivity index (χ4n) is 4.35. The second kappa shape index (κ2) is 9.87. The van der Waals surface area contributed by atoms with E-state index in [0.717, 1.165) is 36.9 Å². The number of rotatable bonds is 8. The summed E-state index contributed by atoms with van der Waals surface area (Å²) in [6, 6.07) is 6.18. The summed E-state index contributed by atoms with van der Waals surface area (Å²) in [5.74, 6) is 0.291. The molecule has 0 aliphatic heterocycles. The van der Waals surface area contributed by atoms with Gasteiger partial charge in [0.15, 0.2) is 0 Å². The molecule has 3 aromatic rings. The number of carbonyl (C=O) groups excluding carboxylic acids is 1. The molecule has 0 amide bonds. The summed E-state index contributed by atoms with van der Waals surface area (Å²) in [6.45, 7) is 6.64. The third kappa shape index (κ3) is 5.43. The van der Waals surface area contributed by atoms with Crippen LogP contribution < -0.4 is 4.72 Å². The van der Waals surface area contributed by atoms with Crippen molar-refractivity contribution in [2.75, 3.05) is 13.7 Å². The van der Waals surface area contributed by atoms with E-state index in [1.807, 2.05) is 6.20 Å². The van der Waals surface area contributed by atoms with Crippen LogP contribution in [-0.2, 0) is 38.8 Å². The SMILES string of the molecule is CCc1ncc(-c2nc(-c3ccc(S(=O)(=O)NCCC(=O)OC)cc3)no2)c2c1CC(C)(C)CC2. The van der Waals surface area contributed by atoms with Gasteiger partial charge < -0.3 is 9.26 Å². The van der Waals surface area contributed by atoms with Gasteiger partial charge in [-0.05, 0) is 66.5 Å². The van der Waals surface area contributed by atoms with Crippen LogP contribution in [0, 0.1) is 5.41 Å². The highest BCUT2D eigenvalue weighted by molar-refractivity contribution is 7.89. The Balaban J connectivity index is 1.55. The van der Waals surface area contributed by atoms with Crippen LogP contribution in [0.15, 0.2) is 39.9 Å². The predicted molar refractivity (Wildman–Crippen MR) is 130 cm³/mol. The molecule has 0 radical (unpaired) electrons. The molecule has 35 heavy (non-hydrogen) atoms. The maximum atomic E-state index is 12.5. The Bertz CT molecular complexity index is 1330. The average molecular weight is 499 g/mol. The monoisotopic (exact) mass is 498 g/mol. The number of fused-ring (bicyclic) bond motifs is 1. The van der Waals surface area contributed by atoms with Crippen molar-refractivity contribution in [2.45, 2.75) is 57.8 Å². The molecule has 0 unspecified atom stereocenters. The normalized spacial score (nSPS) is 15.0. The summed E-state index contributed by atoms with van der Waals surface area (Å²) in [5.41, 5.74) is 5.35. The van der Waals surface area contributed by atoms with Gasteiger partial charge in [0.1, 0.15) is 0 Å². The topological polar surface area (TPSA) is 124 Å². The number of pyridine rings is 1. The first kappa shape index (κ1) is 25.0. The summed E-state index contributed by atoms with van der Waals surface area (Å²) < 4.78 is 37.4. The van der Waals surface area contributed by atoms with Crippen molar-refractivity contribution in [1.82, 2.24) is 19.8 Å². The van der Waals surface area contributed by atoms with Crippen LogP contribution >= 0.6 is 0 Å². The first-order valence-corrected chi connectivity index (χ1v) is 13.1. The lowest BCUT2D eigenvalue weighted by Crippen LogP contribution is -2.26. The second-order valence-electron chi connectivity index (χ2n) is 9.44. The maximum absolute atomic E-state index is 12.5. The predicted octanol–water partition coefficient (Wildman–Crippen LogP) is 3.72. The Morgan fingerprint density at radius 3 is 2.63 bits per heavy atom. The van der Waals surface area contributed by atoms with Gasteiger partial charge in [0, 0.05) is 24.0 Å². The Morgan fingerprint density at radius 2 is 1.94 bits per heavy atom. The molecule has 1 N–H and O–H groups in total. The second-order valence-corrected chi connectivity index (χ2v) is 11.2. The summed E-state index contributed by atoms with van der Waals surface area (Å²) in [5, 5.41) is 4.12. The maximum Gasteiger partial charge on any atom is 0.306 e. The molecule has 0 spiro atoms. The molecule has 1 aliphatic carbocycles. The summed E-state index contributed by atoms with van der Waals surface area (Å²) >= 11 is 0. The first-order chi connectivity index (χ1) is 16.6. The summed E-state index contributed by atoms with van der Waals surface area (Å²) in [7, 11) is -2.50. The Hall–Kier alpha value is -3.11. The third-order valence-electron chi connectivity index (χ3n) is 6.36. The van der Waals surface area contributed by atoms with Crippen molar-refractivity contribution >= 4 is 16.0 Å². The van der Waals surface area contributed by atoms with Crippen LogP contribution in [0.2, 0.25) is 0 Å². The summed E-state index contributed by atoms with van der Waals surface area (Å²) in [4.78, 5) is 20.5. The number of nitrogens with one attached hydrogen (secondary N) is 1. The number of ether oxygens (including phenoxy) is 1. The Labute approximate surface area is 205 Å². The fourth-order valence-corrected chi connectivity index (χ4v) is 5.39. The smallest absolute Gasteiger partial charge is 0.306 e. The number of sulfonamides is 1. The van der Waals surface area contributed by atoms with E-state index in [1.54, 1.807) is 12.1 Å². The van der Waals surface area contributed by atoms with Crippen LogP contribution in [-0.4, -0.2) is 43.2 Å². The van der Waals surface area contributed by atoms with Gasteiger partial charge in [0.2, 0.25) is 15.8 Å². The molecular weight excluding hydrogens is 468 g/mol. The molecule has 10 heteroatoms. The standard InChI is InChI=1S/C25H30N4O5S/c1-5-21-19-14-25(2,3)12-10-18(19)20(15-26-21)24-28-23(29-34-24)16-6-8-17(9-7-16)35(31,32)27-13-11-22(30)33-4/h6-9,15,27H,5,10-14H2,1-4H3. The number of aromatic nitrogens is 3. The zero-order chi connectivity index (χ0) is 25.2. The molecule has 9 nitrogen and oxygen atoms in total. The van der Waals surface area contributed by atoms with Crippen LogP contribution in [0.4, 0.5) is 0 Å². The van der Waals surface area contributed by atoms with Crippen LogP contribution in [0.1, 0.15) is 50.4 Å². The van der Waals surface area contributed by atoms with Crippen molar-refractivity contribution < 1.29 is 22.5 Å². The van der Waals surface area contributed by atoms with Gasteiger partial charge in [-0.15, -0.1) is 0 Å². The number of esters is 1. The van der Waals surface area contributed by atoms with Gasteiger partial charge in [0.25, 0.3) is 5.89 Å². The zero-order valence-electron chi connectivity index (χ0n) is 20.4. The van der Waals surface area contributed by atoms with Gasteiger partial charge in [-0.2, -0.15) is 4.98 Å². The molecule has 0 fully saturated rings. The van der Waals surface area contributed by atoms with E-state index in [-0.39, 0.29) is 23.3 Å². The van der Waals surface area contributed by atoms with Crippen molar-refractivity contribution in [3.63, 3.8) is 0 Å². The molecule has 4 rings (SSSR count). The number of benzene rings is 1. The third-order valence-corrected chi connectivity index (χ3v) is 7.83. The fraction of sp³-hybridized carbons (Fsp3) is 0.440. The summed E-state index contributed by atoms with van der Waals surface area (Å²) in [6.07, 6.45) is 5.63. The Kier molecular flexibility index (Phi) is 7.05. The van der Waals surface area contributed by atoms with E-state index in [0.29, 0.717) is 17.3 Å². The van der Waals surface area contributed by atoms with Gasteiger partial charge in [-0.3, -0.25) is 9.78 Å². The first-order valence-electron chi connectivity index (χ1n) is 11.6. The molecular formula is C25H30N4O5S. The highest BCUT2D eigenvalue weighted by atomic mass is 32.2. The number of hydrogen-bond donors (Lipinski definition) is 1. The molecule has 0 saturated heterocycles. The molecule has 2 aromatic heterocycles. The molecule has 0 bridgehead atoms. The minimum atomic E-state index is -3.76. The lowest BCUT2D eigenvalue weighted by molar-refractivity contribution is -0.140. The van der Waals surface area contributed by atoms with Crippen LogP contribution in [0.3, 0.4) is 0 Å². The van der Waals surface area contributed by atoms with Gasteiger partial charge in [-0.1, -0.05) is 25.9 Å². The van der Waals surface area contributed by atoms with Crippen LogP contribution in [0.25, 0.3) is 22.8 Å². The quantitative estimate of drug-likeness (QED) is 0.466. The van der Waals surface area contributed by atoms with Crippen molar-refractivity contribution in [1.29, 1.82) is 0 Å². The minimum absolute atomic E-state index is 0.0443. The van der Waals surface area contributed by atoms with Crippen molar-refractivity contribution in [3.8, 4) is 22.8 Å². The van der Waals surface area contributed by atoms with Crippen molar-refractivity contribution in [2.24, 2.45) is 5.41 Å². The molecule has 1 aromatic carbocycles. The number of carbonyl (C=O) groups is 1.